The van der Waals surface area contributed by atoms with Gasteiger partial charge >= 0.3 is 12.0 Å². The predicted octanol–water partition coefficient (Wildman–Crippen LogP) is 2.41. The molecule has 0 aliphatic carbocycles. The van der Waals surface area contributed by atoms with Crippen molar-refractivity contribution < 1.29 is 23.1 Å². The zero-order valence-electron chi connectivity index (χ0n) is 9.93. The van der Waals surface area contributed by atoms with Gasteiger partial charge in [-0.25, -0.2) is 13.6 Å². The number of anilines is 1. The standard InChI is InChI=1S/C11H11BrF2N2O3/c1-19-9(17)2-3-15-11(18)16-10-7(12)4-6(13)5-8(10)14/h4-5H,2-3H2,1H3,(H2,15,16,18). The first kappa shape index (κ1) is 15.4. The maximum atomic E-state index is 13.4. The van der Waals surface area contributed by atoms with Crippen molar-refractivity contribution in [2.45, 2.75) is 6.42 Å². The Balaban J connectivity index is 2.56. The Hall–Kier alpha value is -1.70. The van der Waals surface area contributed by atoms with Gasteiger partial charge in [0.05, 0.1) is 19.2 Å². The van der Waals surface area contributed by atoms with Crippen LogP contribution in [0, 0.1) is 11.6 Å². The van der Waals surface area contributed by atoms with Crippen LogP contribution in [0.25, 0.3) is 0 Å². The number of halogens is 3. The first-order chi connectivity index (χ1) is 8.93. The third-order valence-electron chi connectivity index (χ3n) is 2.09. The Morgan fingerprint density at radius 3 is 2.63 bits per heavy atom. The lowest BCUT2D eigenvalue weighted by atomic mass is 10.3. The number of esters is 1. The average Bonchev–Trinajstić information content (AvgIpc) is 2.33. The molecular formula is C11H11BrF2N2O3. The molecule has 0 heterocycles. The van der Waals surface area contributed by atoms with Crippen LogP contribution in [-0.2, 0) is 9.53 Å². The number of carbonyl (C=O) groups is 2. The van der Waals surface area contributed by atoms with E-state index in [2.05, 4.69) is 31.3 Å². The van der Waals surface area contributed by atoms with Crippen molar-refractivity contribution in [1.29, 1.82) is 0 Å². The second-order valence-electron chi connectivity index (χ2n) is 3.45. The largest absolute Gasteiger partial charge is 0.469 e. The van der Waals surface area contributed by atoms with Gasteiger partial charge < -0.3 is 15.4 Å². The molecule has 8 heteroatoms. The Bertz CT molecular complexity index is 474. The molecule has 0 radical (unpaired) electrons. The molecule has 0 unspecified atom stereocenters. The number of nitrogens with one attached hydrogen (secondary N) is 2. The molecule has 0 saturated carbocycles. The van der Waals surface area contributed by atoms with E-state index in [9.17, 15) is 18.4 Å². The van der Waals surface area contributed by atoms with E-state index in [0.29, 0.717) is 6.07 Å². The van der Waals surface area contributed by atoms with E-state index in [0.717, 1.165) is 6.07 Å². The van der Waals surface area contributed by atoms with Gasteiger partial charge in [0, 0.05) is 17.1 Å². The lowest BCUT2D eigenvalue weighted by Crippen LogP contribution is -2.31. The molecule has 0 aromatic heterocycles. The number of ether oxygens (including phenoxy) is 1. The topological polar surface area (TPSA) is 67.4 Å². The molecule has 0 aliphatic heterocycles. The summed E-state index contributed by atoms with van der Waals surface area (Å²) >= 11 is 2.93. The number of amides is 2. The van der Waals surface area contributed by atoms with E-state index in [4.69, 9.17) is 0 Å². The second-order valence-corrected chi connectivity index (χ2v) is 4.31. The normalized spacial score (nSPS) is 9.89. The van der Waals surface area contributed by atoms with Crippen LogP contribution in [0.4, 0.5) is 19.3 Å². The predicted molar refractivity (Wildman–Crippen MR) is 67.7 cm³/mol. The van der Waals surface area contributed by atoms with Crippen molar-refractivity contribution in [1.82, 2.24) is 5.32 Å². The molecule has 0 fully saturated rings. The van der Waals surface area contributed by atoms with Gasteiger partial charge in [0.15, 0.2) is 5.82 Å². The number of methoxy groups -OCH3 is 1. The van der Waals surface area contributed by atoms with Crippen LogP contribution < -0.4 is 10.6 Å². The summed E-state index contributed by atoms with van der Waals surface area (Å²) in [6.07, 6.45) is -0.00299. The SMILES string of the molecule is COC(=O)CCNC(=O)Nc1c(F)cc(F)cc1Br. The number of carbonyl (C=O) groups excluding carboxylic acids is 2. The molecule has 1 aromatic rings. The van der Waals surface area contributed by atoms with Crippen molar-refractivity contribution in [3.8, 4) is 0 Å². The molecule has 0 bridgehead atoms. The highest BCUT2D eigenvalue weighted by molar-refractivity contribution is 9.10. The summed E-state index contributed by atoms with van der Waals surface area (Å²) in [6, 6.07) is 0.956. The summed E-state index contributed by atoms with van der Waals surface area (Å²) in [7, 11) is 1.23. The maximum Gasteiger partial charge on any atom is 0.319 e. The number of hydrogen-bond acceptors (Lipinski definition) is 3. The molecule has 1 rings (SSSR count). The van der Waals surface area contributed by atoms with E-state index in [1.165, 1.54) is 7.11 Å². The van der Waals surface area contributed by atoms with Gasteiger partial charge in [0.1, 0.15) is 5.82 Å². The fourth-order valence-corrected chi connectivity index (χ4v) is 1.71. The van der Waals surface area contributed by atoms with Gasteiger partial charge in [-0.1, -0.05) is 0 Å². The molecule has 104 valence electrons. The molecule has 0 atom stereocenters. The zero-order valence-corrected chi connectivity index (χ0v) is 11.5. The minimum absolute atomic E-state index is 0.00299. The number of rotatable bonds is 4. The van der Waals surface area contributed by atoms with Crippen molar-refractivity contribution in [2.75, 3.05) is 19.0 Å². The molecule has 19 heavy (non-hydrogen) atoms. The van der Waals surface area contributed by atoms with Gasteiger partial charge in [-0.15, -0.1) is 0 Å². The minimum atomic E-state index is -0.907. The van der Waals surface area contributed by atoms with Crippen LogP contribution in [0.2, 0.25) is 0 Å². The Morgan fingerprint density at radius 1 is 1.37 bits per heavy atom. The Labute approximate surface area is 116 Å². The molecule has 0 spiro atoms. The smallest absolute Gasteiger partial charge is 0.319 e. The van der Waals surface area contributed by atoms with Crippen molar-refractivity contribution in [3.05, 3.63) is 28.2 Å². The molecule has 1 aromatic carbocycles. The fourth-order valence-electron chi connectivity index (χ4n) is 1.20. The Morgan fingerprint density at radius 2 is 2.05 bits per heavy atom. The molecule has 0 saturated heterocycles. The Kier molecular flexibility index (Phi) is 5.68. The first-order valence-electron chi connectivity index (χ1n) is 5.20. The third kappa shape index (κ3) is 4.82. The number of urea groups is 1. The van der Waals surface area contributed by atoms with E-state index in [-0.39, 0.29) is 23.1 Å². The van der Waals surface area contributed by atoms with Crippen LogP contribution in [0.15, 0.2) is 16.6 Å². The lowest BCUT2D eigenvalue weighted by Gasteiger charge is -2.09. The second kappa shape index (κ2) is 7.03. The highest BCUT2D eigenvalue weighted by Crippen LogP contribution is 2.26. The summed E-state index contributed by atoms with van der Waals surface area (Å²) in [5.41, 5.74) is -0.183. The van der Waals surface area contributed by atoms with E-state index < -0.39 is 23.6 Å². The monoisotopic (exact) mass is 336 g/mol. The van der Waals surface area contributed by atoms with Crippen molar-refractivity contribution in [2.24, 2.45) is 0 Å². The highest BCUT2D eigenvalue weighted by atomic mass is 79.9. The average molecular weight is 337 g/mol. The van der Waals surface area contributed by atoms with Crippen LogP contribution in [0.5, 0.6) is 0 Å². The zero-order chi connectivity index (χ0) is 14.4. The van der Waals surface area contributed by atoms with Crippen molar-refractivity contribution in [3.63, 3.8) is 0 Å². The first-order valence-corrected chi connectivity index (χ1v) is 5.99. The molecule has 5 nitrogen and oxygen atoms in total. The van der Waals surface area contributed by atoms with Gasteiger partial charge in [-0.05, 0) is 22.0 Å². The van der Waals surface area contributed by atoms with Gasteiger partial charge in [0.2, 0.25) is 0 Å². The fraction of sp³-hybridized carbons (Fsp3) is 0.273. The summed E-state index contributed by atoms with van der Waals surface area (Å²) in [4.78, 5) is 22.2. The molecule has 2 N–H and O–H groups in total. The summed E-state index contributed by atoms with van der Waals surface area (Å²) < 4.78 is 30.7. The molecule has 2 amide bonds. The third-order valence-corrected chi connectivity index (χ3v) is 2.71. The van der Waals surface area contributed by atoms with E-state index in [1.807, 2.05) is 0 Å². The highest BCUT2D eigenvalue weighted by Gasteiger charge is 2.12. The maximum absolute atomic E-state index is 13.4. The quantitative estimate of drug-likeness (QED) is 0.829. The number of hydrogen-bond donors (Lipinski definition) is 2. The van der Waals surface area contributed by atoms with Crippen LogP contribution in [0.1, 0.15) is 6.42 Å². The van der Waals surface area contributed by atoms with E-state index in [1.54, 1.807) is 0 Å². The summed E-state index contributed by atoms with van der Waals surface area (Å²) in [5, 5.41) is 4.54. The van der Waals surface area contributed by atoms with Gasteiger partial charge in [-0.3, -0.25) is 4.79 Å². The van der Waals surface area contributed by atoms with Crippen molar-refractivity contribution >= 4 is 33.6 Å². The van der Waals surface area contributed by atoms with Crippen LogP contribution in [-0.4, -0.2) is 25.7 Å². The van der Waals surface area contributed by atoms with Crippen LogP contribution in [0.3, 0.4) is 0 Å². The summed E-state index contributed by atoms with van der Waals surface area (Å²) in [6.45, 7) is 0.0406. The van der Waals surface area contributed by atoms with Gasteiger partial charge in [-0.2, -0.15) is 0 Å². The minimum Gasteiger partial charge on any atom is -0.469 e. The number of benzene rings is 1. The molecule has 0 aliphatic rings. The molecular weight excluding hydrogens is 326 g/mol. The summed E-state index contributed by atoms with van der Waals surface area (Å²) in [5.74, 6) is -2.15. The lowest BCUT2D eigenvalue weighted by molar-refractivity contribution is -0.140. The van der Waals surface area contributed by atoms with E-state index >= 15 is 0 Å². The van der Waals surface area contributed by atoms with Crippen LogP contribution >= 0.6 is 15.9 Å². The van der Waals surface area contributed by atoms with Gasteiger partial charge in [0.25, 0.3) is 0 Å².